The topological polar surface area (TPSA) is 63.6 Å². The first-order valence-electron chi connectivity index (χ1n) is 8.49. The molecule has 0 radical (unpaired) electrons. The Hall–Kier alpha value is -3.14. The van der Waals surface area contributed by atoms with Crippen LogP contribution in [-0.2, 0) is 16.0 Å². The summed E-state index contributed by atoms with van der Waals surface area (Å²) in [6.45, 7) is 3.75. The van der Waals surface area contributed by atoms with Crippen molar-refractivity contribution in [2.24, 2.45) is 5.92 Å². The van der Waals surface area contributed by atoms with Gasteiger partial charge >= 0.3 is 6.36 Å². The van der Waals surface area contributed by atoms with E-state index >= 15 is 0 Å². The van der Waals surface area contributed by atoms with Gasteiger partial charge in [0, 0.05) is 30.5 Å². The Morgan fingerprint density at radius 2 is 1.90 bits per heavy atom. The van der Waals surface area contributed by atoms with Crippen molar-refractivity contribution in [3.63, 3.8) is 0 Å². The van der Waals surface area contributed by atoms with Crippen molar-refractivity contribution >= 4 is 29.1 Å². The monoisotopic (exact) mass is 423 g/mol. The highest BCUT2D eigenvalue weighted by molar-refractivity contribution is 7.80. The van der Waals surface area contributed by atoms with Gasteiger partial charge in [0.25, 0.3) is 0 Å². The van der Waals surface area contributed by atoms with Gasteiger partial charge in [-0.3, -0.25) is 14.5 Å². The summed E-state index contributed by atoms with van der Waals surface area (Å²) in [6, 6.07) is 8.72. The molecule has 0 bridgehead atoms. The summed E-state index contributed by atoms with van der Waals surface area (Å²) in [6.07, 6.45) is -1.49. The fourth-order valence-electron chi connectivity index (χ4n) is 2.99. The third-order valence-corrected chi connectivity index (χ3v) is 4.58. The molecule has 1 N–H and O–H groups in total. The minimum Gasteiger partial charge on any atom is -0.406 e. The first-order valence-corrected chi connectivity index (χ1v) is 8.90. The molecule has 0 aliphatic carbocycles. The maximum Gasteiger partial charge on any atom is 0.573 e. The fourth-order valence-corrected chi connectivity index (χ4v) is 3.26. The Morgan fingerprint density at radius 3 is 2.52 bits per heavy atom. The van der Waals surface area contributed by atoms with Crippen LogP contribution in [0.4, 0.5) is 13.2 Å². The molecule has 1 aromatic heterocycles. The van der Waals surface area contributed by atoms with Gasteiger partial charge in [-0.25, -0.2) is 0 Å². The van der Waals surface area contributed by atoms with Crippen LogP contribution in [0.2, 0.25) is 0 Å². The lowest BCUT2D eigenvalue weighted by Gasteiger charge is -2.31. The lowest BCUT2D eigenvalue weighted by atomic mass is 9.98. The molecule has 10 heteroatoms. The van der Waals surface area contributed by atoms with Gasteiger partial charge in [0.2, 0.25) is 11.8 Å². The standard InChI is InChI=1S/C19H16F3N3O3S/c1-2-9-25-17(27)15(16(26)23-18(25)29)11-13-4-3-10-24(13)12-5-7-14(8-6-12)28-19(20,21)22/h2-8,10,15H,1,9,11H2,(H,23,26,29). The van der Waals surface area contributed by atoms with Crippen molar-refractivity contribution < 1.29 is 27.5 Å². The molecular formula is C19H16F3N3O3S. The number of rotatable bonds is 6. The normalized spacial score (nSPS) is 17.3. The maximum atomic E-state index is 12.7. The number of halogens is 3. The molecule has 0 saturated carbocycles. The van der Waals surface area contributed by atoms with E-state index in [-0.39, 0.29) is 23.8 Å². The molecule has 29 heavy (non-hydrogen) atoms. The van der Waals surface area contributed by atoms with Crippen molar-refractivity contribution in [2.45, 2.75) is 12.8 Å². The third-order valence-electron chi connectivity index (χ3n) is 4.26. The molecule has 6 nitrogen and oxygen atoms in total. The van der Waals surface area contributed by atoms with Crippen LogP contribution < -0.4 is 10.1 Å². The number of carbonyl (C=O) groups is 2. The number of hydrogen-bond donors (Lipinski definition) is 1. The van der Waals surface area contributed by atoms with Gasteiger partial charge in [-0.15, -0.1) is 19.8 Å². The first kappa shape index (κ1) is 20.6. The number of ether oxygens (including phenoxy) is 1. The maximum absolute atomic E-state index is 12.7. The summed E-state index contributed by atoms with van der Waals surface area (Å²) in [5, 5.41) is 2.55. The molecule has 1 aliphatic heterocycles. The summed E-state index contributed by atoms with van der Waals surface area (Å²) in [5.74, 6) is -2.25. The minimum absolute atomic E-state index is 0.0341. The van der Waals surface area contributed by atoms with E-state index in [1.807, 2.05) is 0 Å². The van der Waals surface area contributed by atoms with Gasteiger partial charge in [0.1, 0.15) is 11.7 Å². The number of nitrogens with zero attached hydrogens (tertiary/aromatic N) is 2. The molecule has 1 saturated heterocycles. The van der Waals surface area contributed by atoms with E-state index in [0.29, 0.717) is 11.4 Å². The van der Waals surface area contributed by atoms with Crippen LogP contribution in [0.15, 0.2) is 55.3 Å². The van der Waals surface area contributed by atoms with Crippen molar-refractivity contribution in [1.82, 2.24) is 14.8 Å². The Balaban J connectivity index is 1.81. The van der Waals surface area contributed by atoms with Crippen LogP contribution in [0, 0.1) is 5.92 Å². The minimum atomic E-state index is -4.77. The van der Waals surface area contributed by atoms with E-state index in [9.17, 15) is 22.8 Å². The molecular weight excluding hydrogens is 407 g/mol. The fraction of sp³-hybridized carbons (Fsp3) is 0.211. The average molecular weight is 423 g/mol. The Morgan fingerprint density at radius 1 is 1.21 bits per heavy atom. The van der Waals surface area contributed by atoms with E-state index in [1.165, 1.54) is 35.2 Å². The second kappa shape index (κ2) is 8.08. The Labute approximate surface area is 169 Å². The largest absolute Gasteiger partial charge is 0.573 e. The predicted octanol–water partition coefficient (Wildman–Crippen LogP) is 2.96. The van der Waals surface area contributed by atoms with Gasteiger partial charge in [0.15, 0.2) is 5.11 Å². The van der Waals surface area contributed by atoms with Gasteiger partial charge in [-0.1, -0.05) is 6.08 Å². The lowest BCUT2D eigenvalue weighted by Crippen LogP contribution is -2.58. The van der Waals surface area contributed by atoms with Gasteiger partial charge in [0.05, 0.1) is 0 Å². The Bertz CT molecular complexity index is 954. The van der Waals surface area contributed by atoms with Crippen LogP contribution in [0.1, 0.15) is 5.69 Å². The summed E-state index contributed by atoms with van der Waals surface area (Å²) in [7, 11) is 0. The van der Waals surface area contributed by atoms with Crippen LogP contribution in [-0.4, -0.2) is 39.3 Å². The summed E-state index contributed by atoms with van der Waals surface area (Å²) >= 11 is 5.03. The Kier molecular flexibility index (Phi) is 5.73. The SMILES string of the molecule is C=CCN1C(=O)C(Cc2cccn2-c2ccc(OC(F)(F)F)cc2)C(=O)NC1=S. The predicted molar refractivity (Wildman–Crippen MR) is 102 cm³/mol. The second-order valence-electron chi connectivity index (χ2n) is 6.20. The van der Waals surface area contributed by atoms with Gasteiger partial charge < -0.3 is 14.6 Å². The number of aromatic nitrogens is 1. The number of benzene rings is 1. The molecule has 1 fully saturated rings. The lowest BCUT2D eigenvalue weighted by molar-refractivity contribution is -0.274. The highest BCUT2D eigenvalue weighted by atomic mass is 32.1. The van der Waals surface area contributed by atoms with Crippen molar-refractivity contribution in [3.8, 4) is 11.4 Å². The highest BCUT2D eigenvalue weighted by Crippen LogP contribution is 2.25. The van der Waals surface area contributed by atoms with Gasteiger partial charge in [-0.2, -0.15) is 0 Å². The number of carbonyl (C=O) groups excluding carboxylic acids is 2. The molecule has 2 aromatic rings. The number of alkyl halides is 3. The molecule has 3 rings (SSSR count). The molecule has 152 valence electrons. The average Bonchev–Trinajstić information content (AvgIpc) is 3.10. The number of amides is 2. The van der Waals surface area contributed by atoms with Crippen LogP contribution >= 0.6 is 12.2 Å². The van der Waals surface area contributed by atoms with E-state index < -0.39 is 24.1 Å². The second-order valence-corrected chi connectivity index (χ2v) is 6.59. The molecule has 1 aliphatic rings. The van der Waals surface area contributed by atoms with Crippen LogP contribution in [0.5, 0.6) is 5.75 Å². The molecule has 1 aromatic carbocycles. The summed E-state index contributed by atoms with van der Waals surface area (Å²) in [5.41, 5.74) is 1.19. The number of nitrogens with one attached hydrogen (secondary N) is 1. The van der Waals surface area contributed by atoms with E-state index in [2.05, 4.69) is 16.6 Å². The molecule has 2 heterocycles. The number of hydrogen-bond acceptors (Lipinski definition) is 4. The van der Waals surface area contributed by atoms with E-state index in [4.69, 9.17) is 12.2 Å². The van der Waals surface area contributed by atoms with E-state index in [1.54, 1.807) is 22.9 Å². The van der Waals surface area contributed by atoms with Crippen molar-refractivity contribution in [2.75, 3.05) is 6.54 Å². The zero-order valence-electron chi connectivity index (χ0n) is 15.0. The smallest absolute Gasteiger partial charge is 0.406 e. The zero-order chi connectivity index (χ0) is 21.2. The van der Waals surface area contributed by atoms with Crippen molar-refractivity contribution in [1.29, 1.82) is 0 Å². The van der Waals surface area contributed by atoms with Gasteiger partial charge in [-0.05, 0) is 48.6 Å². The molecule has 0 spiro atoms. The molecule has 1 unspecified atom stereocenters. The summed E-state index contributed by atoms with van der Waals surface area (Å²) in [4.78, 5) is 26.3. The highest BCUT2D eigenvalue weighted by Gasteiger charge is 2.38. The van der Waals surface area contributed by atoms with E-state index in [0.717, 1.165) is 0 Å². The van der Waals surface area contributed by atoms with Crippen LogP contribution in [0.25, 0.3) is 5.69 Å². The van der Waals surface area contributed by atoms with Crippen molar-refractivity contribution in [3.05, 3.63) is 60.9 Å². The zero-order valence-corrected chi connectivity index (χ0v) is 15.8. The molecule has 1 atom stereocenters. The first-order chi connectivity index (χ1) is 13.7. The number of thiocarbonyl (C=S) groups is 1. The molecule has 2 amide bonds. The quantitative estimate of drug-likeness (QED) is 0.441. The van der Waals surface area contributed by atoms with Crippen LogP contribution in [0.3, 0.4) is 0 Å². The summed E-state index contributed by atoms with van der Waals surface area (Å²) < 4.78 is 42.5. The third kappa shape index (κ3) is 4.65.